The Bertz CT molecular complexity index is 589. The number of ether oxygens (including phenoxy) is 1. The predicted octanol–water partition coefficient (Wildman–Crippen LogP) is 2.02. The van der Waals surface area contributed by atoms with Crippen LogP contribution < -0.4 is 5.32 Å². The van der Waals surface area contributed by atoms with Crippen molar-refractivity contribution in [1.29, 1.82) is 0 Å². The Hall–Kier alpha value is -2.48. The highest BCUT2D eigenvalue weighted by Crippen LogP contribution is 2.17. The van der Waals surface area contributed by atoms with Gasteiger partial charge in [0, 0.05) is 18.7 Å². The molecule has 0 bridgehead atoms. The van der Waals surface area contributed by atoms with E-state index in [1.165, 1.54) is 0 Å². The predicted molar refractivity (Wildman–Crippen MR) is 87.6 cm³/mol. The number of rotatable bonds is 3. The van der Waals surface area contributed by atoms with Crippen LogP contribution >= 0.6 is 0 Å². The van der Waals surface area contributed by atoms with Crippen LogP contribution in [0.3, 0.4) is 0 Å². The Labute approximate surface area is 137 Å². The number of nitrogens with one attached hydrogen (secondary N) is 1. The molecular weight excluding hydrogens is 292 g/mol. The molecule has 0 spiro atoms. The quantitative estimate of drug-likeness (QED) is 0.869. The Balaban J connectivity index is 1.79. The van der Waals surface area contributed by atoms with Crippen molar-refractivity contribution in [3.05, 3.63) is 35.9 Å². The van der Waals surface area contributed by atoms with Crippen molar-refractivity contribution in [2.45, 2.75) is 19.8 Å². The van der Waals surface area contributed by atoms with Gasteiger partial charge in [-0.1, -0.05) is 30.0 Å². The number of hydrogen-bond donors (Lipinski definition) is 1. The van der Waals surface area contributed by atoms with Crippen molar-refractivity contribution in [3.63, 3.8) is 0 Å². The molecule has 0 aliphatic carbocycles. The van der Waals surface area contributed by atoms with Crippen molar-refractivity contribution in [2.24, 2.45) is 5.92 Å². The van der Waals surface area contributed by atoms with Gasteiger partial charge in [0.05, 0.1) is 19.1 Å². The van der Waals surface area contributed by atoms with Crippen LogP contribution in [0, 0.1) is 17.8 Å². The van der Waals surface area contributed by atoms with Crippen LogP contribution in [-0.4, -0.2) is 43.1 Å². The lowest BCUT2D eigenvalue weighted by atomic mass is 9.97. The zero-order chi connectivity index (χ0) is 16.5. The monoisotopic (exact) mass is 314 g/mol. The molecule has 0 saturated carbocycles. The molecule has 23 heavy (non-hydrogen) atoms. The molecule has 2 rings (SSSR count). The zero-order valence-corrected chi connectivity index (χ0v) is 13.4. The molecule has 0 radical (unpaired) electrons. The second-order valence-electron chi connectivity index (χ2n) is 5.37. The van der Waals surface area contributed by atoms with Gasteiger partial charge in [-0.25, -0.2) is 4.79 Å². The number of hydrogen-bond acceptors (Lipinski definition) is 3. The van der Waals surface area contributed by atoms with E-state index in [2.05, 4.69) is 17.2 Å². The molecule has 1 heterocycles. The van der Waals surface area contributed by atoms with Gasteiger partial charge >= 0.3 is 6.09 Å². The summed E-state index contributed by atoms with van der Waals surface area (Å²) in [6, 6.07) is 9.63. The van der Waals surface area contributed by atoms with Gasteiger partial charge in [-0.05, 0) is 31.9 Å². The number of nitrogens with zero attached hydrogens (tertiary/aromatic N) is 1. The van der Waals surface area contributed by atoms with Gasteiger partial charge in [-0.2, -0.15) is 0 Å². The lowest BCUT2D eigenvalue weighted by Crippen LogP contribution is -2.45. The van der Waals surface area contributed by atoms with Gasteiger partial charge in [-0.15, -0.1) is 0 Å². The summed E-state index contributed by atoms with van der Waals surface area (Å²) in [6.45, 7) is 3.50. The minimum absolute atomic E-state index is 0.0543. The highest BCUT2D eigenvalue weighted by molar-refractivity contribution is 5.80. The molecule has 1 N–H and O–H groups in total. The molecule has 5 heteroatoms. The summed E-state index contributed by atoms with van der Waals surface area (Å²) in [5, 5.41) is 2.82. The standard InChI is InChI=1S/C18H22N2O3/c1-2-23-18(22)20-13-7-11-16(14-20)17(21)19-12-6-10-15-8-4-3-5-9-15/h3-5,8-9,16H,2,7,11-14H2,1H3,(H,19,21). The van der Waals surface area contributed by atoms with E-state index in [0.29, 0.717) is 26.2 Å². The zero-order valence-electron chi connectivity index (χ0n) is 13.4. The molecule has 2 amide bonds. The van der Waals surface area contributed by atoms with E-state index >= 15 is 0 Å². The fraction of sp³-hybridized carbons (Fsp3) is 0.444. The van der Waals surface area contributed by atoms with Crippen molar-refractivity contribution in [3.8, 4) is 11.8 Å². The maximum Gasteiger partial charge on any atom is 0.409 e. The van der Waals surface area contributed by atoms with Crippen LogP contribution in [0.5, 0.6) is 0 Å². The lowest BCUT2D eigenvalue weighted by molar-refractivity contribution is -0.126. The highest BCUT2D eigenvalue weighted by Gasteiger charge is 2.28. The van der Waals surface area contributed by atoms with E-state index in [9.17, 15) is 9.59 Å². The summed E-state index contributed by atoms with van der Waals surface area (Å²) < 4.78 is 4.99. The first-order chi connectivity index (χ1) is 11.2. The summed E-state index contributed by atoms with van der Waals surface area (Å²) in [5.74, 6) is 5.69. The van der Waals surface area contributed by atoms with Crippen LogP contribution in [0.2, 0.25) is 0 Å². The molecule has 1 aromatic rings. The first-order valence-corrected chi connectivity index (χ1v) is 7.94. The molecule has 0 aromatic heterocycles. The Morgan fingerprint density at radius 2 is 2.13 bits per heavy atom. The SMILES string of the molecule is CCOC(=O)N1CCCC(C(=O)NCC#Cc2ccccc2)C1. The summed E-state index contributed by atoms with van der Waals surface area (Å²) >= 11 is 0. The van der Waals surface area contributed by atoms with E-state index < -0.39 is 0 Å². The van der Waals surface area contributed by atoms with E-state index in [1.807, 2.05) is 30.3 Å². The fourth-order valence-corrected chi connectivity index (χ4v) is 2.52. The highest BCUT2D eigenvalue weighted by atomic mass is 16.6. The molecule has 1 aromatic carbocycles. The second kappa shape index (κ2) is 8.84. The second-order valence-corrected chi connectivity index (χ2v) is 5.37. The third-order valence-electron chi connectivity index (χ3n) is 3.68. The smallest absolute Gasteiger partial charge is 0.409 e. The van der Waals surface area contributed by atoms with Gasteiger partial charge in [0.2, 0.25) is 5.91 Å². The topological polar surface area (TPSA) is 58.6 Å². The summed E-state index contributed by atoms with van der Waals surface area (Å²) in [5.41, 5.74) is 0.924. The minimum Gasteiger partial charge on any atom is -0.450 e. The molecule has 122 valence electrons. The number of amides is 2. The lowest BCUT2D eigenvalue weighted by Gasteiger charge is -2.31. The van der Waals surface area contributed by atoms with Gasteiger partial charge in [-0.3, -0.25) is 4.79 Å². The Kier molecular flexibility index (Phi) is 6.49. The van der Waals surface area contributed by atoms with E-state index in [0.717, 1.165) is 18.4 Å². The molecule has 1 atom stereocenters. The van der Waals surface area contributed by atoms with E-state index in [4.69, 9.17) is 4.74 Å². The van der Waals surface area contributed by atoms with Crippen LogP contribution in [0.25, 0.3) is 0 Å². The number of carbonyl (C=O) groups is 2. The molecular formula is C18H22N2O3. The first-order valence-electron chi connectivity index (χ1n) is 7.94. The Morgan fingerprint density at radius 1 is 1.35 bits per heavy atom. The van der Waals surface area contributed by atoms with E-state index in [-0.39, 0.29) is 17.9 Å². The third-order valence-corrected chi connectivity index (χ3v) is 3.68. The molecule has 1 fully saturated rings. The van der Waals surface area contributed by atoms with Crippen molar-refractivity contribution < 1.29 is 14.3 Å². The minimum atomic E-state index is -0.339. The van der Waals surface area contributed by atoms with Gasteiger partial charge in [0.15, 0.2) is 0 Å². The summed E-state index contributed by atoms with van der Waals surface area (Å²) in [7, 11) is 0. The first kappa shape index (κ1) is 16.9. The number of carbonyl (C=O) groups excluding carboxylic acids is 2. The fourth-order valence-electron chi connectivity index (χ4n) is 2.52. The van der Waals surface area contributed by atoms with Crippen LogP contribution in [0.1, 0.15) is 25.3 Å². The van der Waals surface area contributed by atoms with Crippen LogP contribution in [0.15, 0.2) is 30.3 Å². The normalized spacial score (nSPS) is 16.9. The van der Waals surface area contributed by atoms with Crippen molar-refractivity contribution >= 4 is 12.0 Å². The summed E-state index contributed by atoms with van der Waals surface area (Å²) in [6.07, 6.45) is 1.26. The van der Waals surface area contributed by atoms with Crippen molar-refractivity contribution in [1.82, 2.24) is 10.2 Å². The van der Waals surface area contributed by atoms with Crippen LogP contribution in [-0.2, 0) is 9.53 Å². The third kappa shape index (κ3) is 5.33. The molecule has 1 aliphatic heterocycles. The maximum absolute atomic E-state index is 12.2. The van der Waals surface area contributed by atoms with E-state index in [1.54, 1.807) is 11.8 Å². The largest absolute Gasteiger partial charge is 0.450 e. The molecule has 1 aliphatic rings. The van der Waals surface area contributed by atoms with Crippen molar-refractivity contribution in [2.75, 3.05) is 26.2 Å². The van der Waals surface area contributed by atoms with Gasteiger partial charge in [0.25, 0.3) is 0 Å². The number of benzene rings is 1. The average Bonchev–Trinajstić information content (AvgIpc) is 2.60. The summed E-state index contributed by atoms with van der Waals surface area (Å²) in [4.78, 5) is 25.5. The van der Waals surface area contributed by atoms with Gasteiger partial charge < -0.3 is 15.0 Å². The average molecular weight is 314 g/mol. The Morgan fingerprint density at radius 3 is 2.87 bits per heavy atom. The maximum atomic E-state index is 12.2. The molecule has 1 unspecified atom stereocenters. The number of likely N-dealkylation sites (tertiary alicyclic amines) is 1. The van der Waals surface area contributed by atoms with Gasteiger partial charge in [0.1, 0.15) is 0 Å². The van der Waals surface area contributed by atoms with Crippen LogP contribution in [0.4, 0.5) is 4.79 Å². The molecule has 5 nitrogen and oxygen atoms in total. The molecule has 1 saturated heterocycles. The number of piperidine rings is 1.